The van der Waals surface area contributed by atoms with Gasteiger partial charge in [-0.05, 0) is 26.0 Å². The molecule has 1 saturated heterocycles. The van der Waals surface area contributed by atoms with Crippen LogP contribution in [0.25, 0.3) is 0 Å². The van der Waals surface area contributed by atoms with Gasteiger partial charge in [0.15, 0.2) is 0 Å². The van der Waals surface area contributed by atoms with Crippen molar-refractivity contribution in [1.29, 1.82) is 0 Å². The molecule has 0 amide bonds. The summed E-state index contributed by atoms with van der Waals surface area (Å²) in [5, 5.41) is 12.4. The van der Waals surface area contributed by atoms with Crippen LogP contribution in [0, 0.1) is 5.82 Å². The standard InChI is InChI=1S/C14H21FN2O2/c1-14(2,10-18)19-11-3-4-13(12(15)9-11)17-7-5-16-6-8-17/h3-4,9,16,18H,5-8,10H2,1-2H3. The van der Waals surface area contributed by atoms with Crippen molar-refractivity contribution in [1.82, 2.24) is 5.32 Å². The second-order valence-electron chi connectivity index (χ2n) is 5.37. The highest BCUT2D eigenvalue weighted by atomic mass is 19.1. The van der Waals surface area contributed by atoms with Gasteiger partial charge in [-0.25, -0.2) is 4.39 Å². The number of piperazine rings is 1. The molecule has 1 heterocycles. The number of benzene rings is 1. The third kappa shape index (κ3) is 3.58. The molecule has 1 aliphatic rings. The Kier molecular flexibility index (Phi) is 4.27. The Bertz CT molecular complexity index is 431. The van der Waals surface area contributed by atoms with Gasteiger partial charge in [-0.2, -0.15) is 0 Å². The molecule has 0 aromatic heterocycles. The van der Waals surface area contributed by atoms with Crippen LogP contribution in [0.1, 0.15) is 13.8 Å². The molecule has 0 atom stereocenters. The first-order chi connectivity index (χ1) is 9.02. The van der Waals surface area contributed by atoms with Crippen molar-refractivity contribution >= 4 is 5.69 Å². The predicted molar refractivity (Wildman–Crippen MR) is 73.3 cm³/mol. The van der Waals surface area contributed by atoms with Crippen molar-refractivity contribution in [3.05, 3.63) is 24.0 Å². The summed E-state index contributed by atoms with van der Waals surface area (Å²) >= 11 is 0. The minimum atomic E-state index is -0.705. The molecule has 0 radical (unpaired) electrons. The first-order valence-electron chi connectivity index (χ1n) is 6.57. The fourth-order valence-electron chi connectivity index (χ4n) is 2.06. The van der Waals surface area contributed by atoms with Crippen molar-refractivity contribution in [2.24, 2.45) is 0 Å². The van der Waals surface area contributed by atoms with E-state index >= 15 is 0 Å². The van der Waals surface area contributed by atoms with Gasteiger partial charge in [-0.3, -0.25) is 0 Å². The summed E-state index contributed by atoms with van der Waals surface area (Å²) in [4.78, 5) is 2.02. The zero-order valence-corrected chi connectivity index (χ0v) is 11.4. The van der Waals surface area contributed by atoms with Gasteiger partial charge in [0.25, 0.3) is 0 Å². The lowest BCUT2D eigenvalue weighted by atomic mass is 10.1. The summed E-state index contributed by atoms with van der Waals surface area (Å²) in [7, 11) is 0. The third-order valence-electron chi connectivity index (χ3n) is 3.15. The van der Waals surface area contributed by atoms with Gasteiger partial charge in [0, 0.05) is 32.2 Å². The van der Waals surface area contributed by atoms with E-state index in [0.717, 1.165) is 26.2 Å². The fraction of sp³-hybridized carbons (Fsp3) is 0.571. The maximum atomic E-state index is 14.1. The second-order valence-corrected chi connectivity index (χ2v) is 5.37. The molecule has 5 heteroatoms. The number of ether oxygens (including phenoxy) is 1. The van der Waals surface area contributed by atoms with E-state index in [9.17, 15) is 4.39 Å². The van der Waals surface area contributed by atoms with Crippen molar-refractivity contribution in [2.75, 3.05) is 37.7 Å². The molecule has 1 aliphatic heterocycles. The number of anilines is 1. The molecule has 4 nitrogen and oxygen atoms in total. The minimum absolute atomic E-state index is 0.117. The highest BCUT2D eigenvalue weighted by Gasteiger charge is 2.20. The number of aliphatic hydroxyl groups excluding tert-OH is 1. The van der Waals surface area contributed by atoms with Crippen molar-refractivity contribution < 1.29 is 14.2 Å². The number of nitrogens with zero attached hydrogens (tertiary/aromatic N) is 1. The molecule has 0 saturated carbocycles. The Morgan fingerprint density at radius 2 is 2.05 bits per heavy atom. The Balaban J connectivity index is 2.12. The molecule has 0 spiro atoms. The molecule has 19 heavy (non-hydrogen) atoms. The van der Waals surface area contributed by atoms with E-state index < -0.39 is 5.60 Å². The summed E-state index contributed by atoms with van der Waals surface area (Å²) in [6.45, 7) is 6.75. The highest BCUT2D eigenvalue weighted by Crippen LogP contribution is 2.26. The van der Waals surface area contributed by atoms with Crippen LogP contribution in [0.3, 0.4) is 0 Å². The molecule has 0 bridgehead atoms. The monoisotopic (exact) mass is 268 g/mol. The fourth-order valence-corrected chi connectivity index (χ4v) is 2.06. The van der Waals surface area contributed by atoms with Crippen LogP contribution >= 0.6 is 0 Å². The van der Waals surface area contributed by atoms with E-state index in [-0.39, 0.29) is 12.4 Å². The number of halogens is 1. The summed E-state index contributed by atoms with van der Waals surface area (Å²) in [5.74, 6) is 0.156. The van der Waals surface area contributed by atoms with E-state index in [1.54, 1.807) is 26.0 Å². The molecule has 2 rings (SSSR count). The Hall–Kier alpha value is -1.33. The van der Waals surface area contributed by atoms with E-state index in [0.29, 0.717) is 11.4 Å². The normalized spacial score (nSPS) is 16.5. The van der Waals surface area contributed by atoms with Gasteiger partial charge < -0.3 is 20.1 Å². The highest BCUT2D eigenvalue weighted by molar-refractivity contribution is 5.51. The van der Waals surface area contributed by atoms with E-state index in [1.807, 2.05) is 4.90 Å². The van der Waals surface area contributed by atoms with E-state index in [2.05, 4.69) is 5.32 Å². The van der Waals surface area contributed by atoms with Crippen LogP contribution in [-0.4, -0.2) is 43.5 Å². The molecular weight excluding hydrogens is 247 g/mol. The van der Waals surface area contributed by atoms with Gasteiger partial charge in [-0.15, -0.1) is 0 Å². The molecule has 1 fully saturated rings. The molecule has 2 N–H and O–H groups in total. The maximum absolute atomic E-state index is 14.1. The number of nitrogens with one attached hydrogen (secondary N) is 1. The van der Waals surface area contributed by atoms with Gasteiger partial charge >= 0.3 is 0 Å². The Morgan fingerprint density at radius 3 is 2.63 bits per heavy atom. The van der Waals surface area contributed by atoms with Crippen LogP contribution in [0.4, 0.5) is 10.1 Å². The number of aliphatic hydroxyl groups is 1. The lowest BCUT2D eigenvalue weighted by Crippen LogP contribution is -2.43. The van der Waals surface area contributed by atoms with E-state index in [1.165, 1.54) is 6.07 Å². The van der Waals surface area contributed by atoms with Crippen molar-refractivity contribution in [2.45, 2.75) is 19.4 Å². The smallest absolute Gasteiger partial charge is 0.150 e. The summed E-state index contributed by atoms with van der Waals surface area (Å²) < 4.78 is 19.7. The predicted octanol–water partition coefficient (Wildman–Crippen LogP) is 1.39. The zero-order chi connectivity index (χ0) is 13.9. The maximum Gasteiger partial charge on any atom is 0.150 e. The number of hydrogen-bond donors (Lipinski definition) is 2. The van der Waals surface area contributed by atoms with Crippen LogP contribution < -0.4 is 15.0 Å². The Labute approximate surface area is 113 Å². The van der Waals surface area contributed by atoms with Gasteiger partial charge in [-0.1, -0.05) is 0 Å². The van der Waals surface area contributed by atoms with E-state index in [4.69, 9.17) is 9.84 Å². The lowest BCUT2D eigenvalue weighted by molar-refractivity contribution is 0.0410. The zero-order valence-electron chi connectivity index (χ0n) is 11.4. The average molecular weight is 268 g/mol. The Morgan fingerprint density at radius 1 is 1.37 bits per heavy atom. The molecule has 0 aliphatic carbocycles. The van der Waals surface area contributed by atoms with Gasteiger partial charge in [0.1, 0.15) is 17.2 Å². The second kappa shape index (κ2) is 5.75. The van der Waals surface area contributed by atoms with Crippen molar-refractivity contribution in [3.63, 3.8) is 0 Å². The summed E-state index contributed by atoms with van der Waals surface area (Å²) in [6.07, 6.45) is 0. The third-order valence-corrected chi connectivity index (χ3v) is 3.15. The summed E-state index contributed by atoms with van der Waals surface area (Å²) in [5.41, 5.74) is -0.0983. The number of rotatable bonds is 4. The topological polar surface area (TPSA) is 44.7 Å². The average Bonchev–Trinajstić information content (AvgIpc) is 2.39. The molecular formula is C14H21FN2O2. The van der Waals surface area contributed by atoms with Gasteiger partial charge in [0.05, 0.1) is 12.3 Å². The summed E-state index contributed by atoms with van der Waals surface area (Å²) in [6, 6.07) is 4.87. The SMILES string of the molecule is CC(C)(CO)Oc1ccc(N2CCNCC2)c(F)c1. The quantitative estimate of drug-likeness (QED) is 0.866. The van der Waals surface area contributed by atoms with Crippen LogP contribution in [-0.2, 0) is 0 Å². The van der Waals surface area contributed by atoms with Crippen LogP contribution in [0.5, 0.6) is 5.75 Å². The first kappa shape index (κ1) is 14.1. The van der Waals surface area contributed by atoms with Gasteiger partial charge in [0.2, 0.25) is 0 Å². The van der Waals surface area contributed by atoms with Crippen molar-refractivity contribution in [3.8, 4) is 5.75 Å². The molecule has 106 valence electrons. The molecule has 1 aromatic rings. The molecule has 1 aromatic carbocycles. The first-order valence-corrected chi connectivity index (χ1v) is 6.57. The lowest BCUT2D eigenvalue weighted by Gasteiger charge is -2.30. The molecule has 0 unspecified atom stereocenters. The van der Waals surface area contributed by atoms with Crippen LogP contribution in [0.15, 0.2) is 18.2 Å². The minimum Gasteiger partial charge on any atom is -0.485 e. The van der Waals surface area contributed by atoms with Crippen LogP contribution in [0.2, 0.25) is 0 Å². The largest absolute Gasteiger partial charge is 0.485 e. The number of hydrogen-bond acceptors (Lipinski definition) is 4.